The molecule has 1 saturated heterocycles. The minimum absolute atomic E-state index is 0.245. The number of hydrogen-bond donors (Lipinski definition) is 1. The van der Waals surface area contributed by atoms with Crippen molar-refractivity contribution >= 4 is 11.5 Å². The van der Waals surface area contributed by atoms with Gasteiger partial charge in [0.05, 0.1) is 18.5 Å². The van der Waals surface area contributed by atoms with Crippen molar-refractivity contribution in [2.45, 2.75) is 19.4 Å². The van der Waals surface area contributed by atoms with Crippen LogP contribution in [0.5, 0.6) is 0 Å². The zero-order valence-corrected chi connectivity index (χ0v) is 11.7. The Morgan fingerprint density at radius 1 is 1.50 bits per heavy atom. The highest BCUT2D eigenvalue weighted by Gasteiger charge is 2.22. The van der Waals surface area contributed by atoms with Crippen LogP contribution in [0.1, 0.15) is 18.5 Å². The smallest absolute Gasteiger partial charge is 0.157 e. The summed E-state index contributed by atoms with van der Waals surface area (Å²) in [5.41, 5.74) is 1.74. The highest BCUT2D eigenvalue weighted by Crippen LogP contribution is 2.24. The molecule has 1 atom stereocenters. The second-order valence-electron chi connectivity index (χ2n) is 5.28. The maximum atomic E-state index is 9.39. The number of methoxy groups -OCH3 is 1. The van der Waals surface area contributed by atoms with Crippen molar-refractivity contribution < 1.29 is 9.84 Å². The normalized spacial score (nSPS) is 19.7. The molecule has 0 spiro atoms. The fourth-order valence-corrected chi connectivity index (χ4v) is 2.82. The van der Waals surface area contributed by atoms with Crippen LogP contribution in [-0.4, -0.2) is 46.5 Å². The Bertz CT molecular complexity index is 584. The van der Waals surface area contributed by atoms with Crippen molar-refractivity contribution in [1.82, 2.24) is 14.6 Å². The Morgan fingerprint density at radius 2 is 2.40 bits per heavy atom. The van der Waals surface area contributed by atoms with Crippen molar-refractivity contribution in [3.05, 3.63) is 24.0 Å². The van der Waals surface area contributed by atoms with Crippen molar-refractivity contribution in [2.24, 2.45) is 5.92 Å². The molecular formula is C14H20N4O2. The van der Waals surface area contributed by atoms with E-state index in [2.05, 4.69) is 15.0 Å². The first kappa shape index (κ1) is 13.3. The van der Waals surface area contributed by atoms with Gasteiger partial charge in [-0.25, -0.2) is 4.98 Å². The molecule has 2 aromatic rings. The van der Waals surface area contributed by atoms with Gasteiger partial charge in [0.25, 0.3) is 0 Å². The molecule has 108 valence electrons. The summed E-state index contributed by atoms with van der Waals surface area (Å²) in [6, 6.07) is 3.93. The molecule has 3 rings (SSSR count). The zero-order valence-electron chi connectivity index (χ0n) is 11.7. The van der Waals surface area contributed by atoms with Crippen LogP contribution in [0.4, 0.5) is 5.82 Å². The molecule has 1 N–H and O–H groups in total. The molecule has 0 aliphatic carbocycles. The molecule has 0 aromatic carbocycles. The minimum Gasteiger partial charge on any atom is -0.396 e. The first-order chi connectivity index (χ1) is 9.81. The summed E-state index contributed by atoms with van der Waals surface area (Å²) in [5, 5.41) is 13.7. The second-order valence-corrected chi connectivity index (χ2v) is 5.28. The third-order valence-electron chi connectivity index (χ3n) is 3.79. The molecule has 0 bridgehead atoms. The van der Waals surface area contributed by atoms with Crippen molar-refractivity contribution in [1.29, 1.82) is 0 Å². The Balaban J connectivity index is 1.98. The van der Waals surface area contributed by atoms with Crippen LogP contribution in [0.25, 0.3) is 5.65 Å². The summed E-state index contributed by atoms with van der Waals surface area (Å²) in [5.74, 6) is 1.37. The highest BCUT2D eigenvalue weighted by molar-refractivity contribution is 5.51. The van der Waals surface area contributed by atoms with E-state index in [-0.39, 0.29) is 6.61 Å². The number of aliphatic hydroxyl groups is 1. The predicted octanol–water partition coefficient (Wildman–Crippen LogP) is 1.08. The van der Waals surface area contributed by atoms with Gasteiger partial charge in [0.2, 0.25) is 0 Å². The van der Waals surface area contributed by atoms with Crippen LogP contribution in [0, 0.1) is 5.92 Å². The molecular weight excluding hydrogens is 256 g/mol. The molecule has 0 saturated carbocycles. The van der Waals surface area contributed by atoms with Crippen LogP contribution in [-0.2, 0) is 11.3 Å². The average molecular weight is 276 g/mol. The van der Waals surface area contributed by atoms with Crippen LogP contribution >= 0.6 is 0 Å². The van der Waals surface area contributed by atoms with Gasteiger partial charge in [-0.05, 0) is 18.8 Å². The lowest BCUT2D eigenvalue weighted by Crippen LogP contribution is -2.38. The maximum absolute atomic E-state index is 9.39. The molecule has 20 heavy (non-hydrogen) atoms. The van der Waals surface area contributed by atoms with Crippen LogP contribution < -0.4 is 4.90 Å². The standard InChI is InChI=1S/C14H20N4O2/c1-20-10-12-7-14(18-13(16-12)4-5-15-18)17-6-2-3-11(8-17)9-19/h4-5,7,11,19H,2-3,6,8-10H2,1H3/t11-/m0/s1. The minimum atomic E-state index is 0.245. The summed E-state index contributed by atoms with van der Waals surface area (Å²) >= 11 is 0. The molecule has 3 heterocycles. The van der Waals surface area contributed by atoms with Gasteiger partial charge in [0, 0.05) is 38.9 Å². The van der Waals surface area contributed by atoms with Crippen molar-refractivity contribution in [2.75, 3.05) is 31.7 Å². The third kappa shape index (κ3) is 2.48. The largest absolute Gasteiger partial charge is 0.396 e. The second kappa shape index (κ2) is 5.76. The summed E-state index contributed by atoms with van der Waals surface area (Å²) in [6.45, 7) is 2.59. The van der Waals surface area contributed by atoms with E-state index in [0.29, 0.717) is 12.5 Å². The van der Waals surface area contributed by atoms with Gasteiger partial charge in [0.15, 0.2) is 5.65 Å². The first-order valence-corrected chi connectivity index (χ1v) is 7.00. The predicted molar refractivity (Wildman–Crippen MR) is 75.7 cm³/mol. The molecule has 0 unspecified atom stereocenters. The first-order valence-electron chi connectivity index (χ1n) is 7.00. The number of hydrogen-bond acceptors (Lipinski definition) is 5. The molecule has 2 aromatic heterocycles. The number of anilines is 1. The topological polar surface area (TPSA) is 62.9 Å². The van der Waals surface area contributed by atoms with Crippen molar-refractivity contribution in [3.63, 3.8) is 0 Å². The lowest BCUT2D eigenvalue weighted by atomic mass is 9.99. The summed E-state index contributed by atoms with van der Waals surface area (Å²) in [7, 11) is 1.67. The molecule has 0 radical (unpaired) electrons. The number of piperidine rings is 1. The number of rotatable bonds is 4. The highest BCUT2D eigenvalue weighted by atomic mass is 16.5. The van der Waals surface area contributed by atoms with E-state index >= 15 is 0 Å². The quantitative estimate of drug-likeness (QED) is 0.905. The van der Waals surface area contributed by atoms with E-state index in [1.165, 1.54) is 0 Å². The number of aliphatic hydroxyl groups excluding tert-OH is 1. The Hall–Kier alpha value is -1.66. The van der Waals surface area contributed by atoms with Crippen LogP contribution in [0.3, 0.4) is 0 Å². The van der Waals surface area contributed by atoms with E-state index in [4.69, 9.17) is 4.74 Å². The van der Waals surface area contributed by atoms with E-state index in [0.717, 1.165) is 43.1 Å². The van der Waals surface area contributed by atoms with Gasteiger partial charge in [-0.2, -0.15) is 9.61 Å². The summed E-state index contributed by atoms with van der Waals surface area (Å²) in [4.78, 5) is 6.80. The van der Waals surface area contributed by atoms with Gasteiger partial charge in [-0.3, -0.25) is 0 Å². The van der Waals surface area contributed by atoms with E-state index in [1.807, 2.05) is 16.6 Å². The zero-order chi connectivity index (χ0) is 13.9. The van der Waals surface area contributed by atoms with E-state index in [9.17, 15) is 5.11 Å². The van der Waals surface area contributed by atoms with Gasteiger partial charge < -0.3 is 14.7 Å². The van der Waals surface area contributed by atoms with Gasteiger partial charge in [-0.15, -0.1) is 0 Å². The molecule has 1 aliphatic heterocycles. The molecule has 1 aliphatic rings. The fraction of sp³-hybridized carbons (Fsp3) is 0.571. The van der Waals surface area contributed by atoms with Gasteiger partial charge in [0.1, 0.15) is 5.82 Å². The fourth-order valence-electron chi connectivity index (χ4n) is 2.82. The van der Waals surface area contributed by atoms with E-state index < -0.39 is 0 Å². The number of aromatic nitrogens is 3. The SMILES string of the molecule is COCc1cc(N2CCC[C@H](CO)C2)n2nccc2n1. The van der Waals surface area contributed by atoms with Crippen molar-refractivity contribution in [3.8, 4) is 0 Å². The Labute approximate surface area is 118 Å². The lowest BCUT2D eigenvalue weighted by Gasteiger charge is -2.33. The van der Waals surface area contributed by atoms with Crippen LogP contribution in [0.2, 0.25) is 0 Å². The molecule has 0 amide bonds. The van der Waals surface area contributed by atoms with Gasteiger partial charge >= 0.3 is 0 Å². The molecule has 6 nitrogen and oxygen atoms in total. The summed E-state index contributed by atoms with van der Waals surface area (Å²) < 4.78 is 7.05. The summed E-state index contributed by atoms with van der Waals surface area (Å²) in [6.07, 6.45) is 3.94. The maximum Gasteiger partial charge on any atom is 0.157 e. The monoisotopic (exact) mass is 276 g/mol. The number of nitrogens with zero attached hydrogens (tertiary/aromatic N) is 4. The Morgan fingerprint density at radius 3 is 3.20 bits per heavy atom. The Kier molecular flexibility index (Phi) is 3.84. The number of ether oxygens (including phenoxy) is 1. The number of fused-ring (bicyclic) bond motifs is 1. The average Bonchev–Trinajstić information content (AvgIpc) is 2.95. The van der Waals surface area contributed by atoms with Gasteiger partial charge in [-0.1, -0.05) is 0 Å². The third-order valence-corrected chi connectivity index (χ3v) is 3.79. The lowest BCUT2D eigenvalue weighted by molar-refractivity contribution is 0.181. The molecule has 1 fully saturated rings. The molecule has 6 heteroatoms. The van der Waals surface area contributed by atoms with Crippen LogP contribution in [0.15, 0.2) is 18.3 Å². The van der Waals surface area contributed by atoms with E-state index in [1.54, 1.807) is 13.3 Å².